The zero-order chi connectivity index (χ0) is 12.9. The zero-order valence-electron chi connectivity index (χ0n) is 9.67. The van der Waals surface area contributed by atoms with Crippen molar-refractivity contribution in [1.29, 1.82) is 0 Å². The topological polar surface area (TPSA) is 105 Å². The quantitative estimate of drug-likeness (QED) is 0.649. The Morgan fingerprint density at radius 1 is 1.59 bits per heavy atom. The van der Waals surface area contributed by atoms with Crippen molar-refractivity contribution in [3.63, 3.8) is 0 Å². The van der Waals surface area contributed by atoms with Crippen LogP contribution in [-0.2, 0) is 4.79 Å². The van der Waals surface area contributed by atoms with Crippen molar-refractivity contribution in [2.45, 2.75) is 19.4 Å². The summed E-state index contributed by atoms with van der Waals surface area (Å²) in [6.07, 6.45) is 2.87. The molecule has 1 aromatic rings. The standard InChI is InChI=1S/C10H15N3O4/c1-3-17-8-5-11-4-7(13-8)12-6-10(2,16)9(14)15/h4-5,16H,3,6H2,1-2H3,(H,12,13)(H,14,15). The van der Waals surface area contributed by atoms with Gasteiger partial charge in [0, 0.05) is 0 Å². The van der Waals surface area contributed by atoms with E-state index >= 15 is 0 Å². The Morgan fingerprint density at radius 2 is 2.29 bits per heavy atom. The number of ether oxygens (including phenoxy) is 1. The molecule has 0 aliphatic heterocycles. The summed E-state index contributed by atoms with van der Waals surface area (Å²) in [6.45, 7) is 3.30. The van der Waals surface area contributed by atoms with E-state index < -0.39 is 11.6 Å². The normalized spacial score (nSPS) is 13.8. The molecule has 1 unspecified atom stereocenters. The second-order valence-corrected chi connectivity index (χ2v) is 3.61. The molecule has 0 aliphatic rings. The minimum atomic E-state index is -1.86. The molecule has 3 N–H and O–H groups in total. The molecule has 0 saturated heterocycles. The molecule has 0 aromatic carbocycles. The Kier molecular flexibility index (Phi) is 4.22. The van der Waals surface area contributed by atoms with E-state index in [2.05, 4.69) is 15.3 Å². The van der Waals surface area contributed by atoms with Gasteiger partial charge in [-0.15, -0.1) is 0 Å². The van der Waals surface area contributed by atoms with E-state index in [1.54, 1.807) is 0 Å². The van der Waals surface area contributed by atoms with Crippen molar-refractivity contribution < 1.29 is 19.7 Å². The van der Waals surface area contributed by atoms with Gasteiger partial charge in [-0.3, -0.25) is 4.98 Å². The molecule has 1 heterocycles. The van der Waals surface area contributed by atoms with Gasteiger partial charge in [0.2, 0.25) is 5.88 Å². The van der Waals surface area contributed by atoms with Crippen LogP contribution in [0.4, 0.5) is 5.82 Å². The fourth-order valence-corrected chi connectivity index (χ4v) is 0.989. The summed E-state index contributed by atoms with van der Waals surface area (Å²) in [5, 5.41) is 20.9. The summed E-state index contributed by atoms with van der Waals surface area (Å²) in [4.78, 5) is 18.6. The van der Waals surface area contributed by atoms with Crippen LogP contribution in [0.2, 0.25) is 0 Å². The van der Waals surface area contributed by atoms with Crippen LogP contribution in [0.5, 0.6) is 5.88 Å². The molecular weight excluding hydrogens is 226 g/mol. The maximum absolute atomic E-state index is 10.7. The highest BCUT2D eigenvalue weighted by molar-refractivity contribution is 5.77. The number of carboxylic acids is 1. The van der Waals surface area contributed by atoms with Gasteiger partial charge in [0.05, 0.1) is 25.5 Å². The summed E-state index contributed by atoms with van der Waals surface area (Å²) in [7, 11) is 0. The molecule has 94 valence electrons. The third-order valence-corrected chi connectivity index (χ3v) is 1.98. The second kappa shape index (κ2) is 5.44. The monoisotopic (exact) mass is 241 g/mol. The number of anilines is 1. The molecule has 1 atom stereocenters. The first-order chi connectivity index (χ1) is 7.95. The fourth-order valence-electron chi connectivity index (χ4n) is 0.989. The Labute approximate surface area is 98.5 Å². The largest absolute Gasteiger partial charge is 0.479 e. The number of hydrogen-bond acceptors (Lipinski definition) is 6. The van der Waals surface area contributed by atoms with Gasteiger partial charge in [-0.2, -0.15) is 4.98 Å². The van der Waals surface area contributed by atoms with Crippen LogP contribution >= 0.6 is 0 Å². The molecule has 0 spiro atoms. The number of carboxylic acid groups (broad SMARTS) is 1. The summed E-state index contributed by atoms with van der Waals surface area (Å²) in [5.74, 6) is -0.621. The number of rotatable bonds is 6. The number of aliphatic hydroxyl groups is 1. The molecule has 0 fully saturated rings. The van der Waals surface area contributed by atoms with Gasteiger partial charge in [-0.25, -0.2) is 4.79 Å². The lowest BCUT2D eigenvalue weighted by Crippen LogP contribution is -2.41. The van der Waals surface area contributed by atoms with E-state index in [1.165, 1.54) is 19.3 Å². The van der Waals surface area contributed by atoms with E-state index in [-0.39, 0.29) is 6.54 Å². The molecule has 0 amide bonds. The van der Waals surface area contributed by atoms with Gasteiger partial charge < -0.3 is 20.3 Å². The van der Waals surface area contributed by atoms with Crippen LogP contribution < -0.4 is 10.1 Å². The van der Waals surface area contributed by atoms with Gasteiger partial charge in [-0.05, 0) is 13.8 Å². The van der Waals surface area contributed by atoms with Gasteiger partial charge in [0.15, 0.2) is 5.60 Å². The predicted molar refractivity (Wildman–Crippen MR) is 60.0 cm³/mol. The molecule has 0 radical (unpaired) electrons. The SMILES string of the molecule is CCOc1cncc(NCC(C)(O)C(=O)O)n1. The van der Waals surface area contributed by atoms with Crippen LogP contribution in [0, 0.1) is 0 Å². The highest BCUT2D eigenvalue weighted by Crippen LogP contribution is 2.11. The summed E-state index contributed by atoms with van der Waals surface area (Å²) >= 11 is 0. The van der Waals surface area contributed by atoms with Crippen molar-refractivity contribution in [2.24, 2.45) is 0 Å². The van der Waals surface area contributed by atoms with Gasteiger partial charge in [0.25, 0.3) is 0 Å². The molecule has 0 aliphatic carbocycles. The first-order valence-electron chi connectivity index (χ1n) is 5.10. The molecule has 1 rings (SSSR count). The summed E-state index contributed by atoms with van der Waals surface area (Å²) in [6, 6.07) is 0. The first kappa shape index (κ1) is 13.2. The van der Waals surface area contributed by atoms with E-state index in [9.17, 15) is 9.90 Å². The smallest absolute Gasteiger partial charge is 0.337 e. The maximum Gasteiger partial charge on any atom is 0.337 e. The van der Waals surface area contributed by atoms with Crippen LogP contribution in [0.1, 0.15) is 13.8 Å². The molecule has 7 nitrogen and oxygen atoms in total. The summed E-state index contributed by atoms with van der Waals surface area (Å²) in [5.41, 5.74) is -1.86. The van der Waals surface area contributed by atoms with E-state index in [4.69, 9.17) is 9.84 Å². The van der Waals surface area contributed by atoms with Crippen molar-refractivity contribution in [2.75, 3.05) is 18.5 Å². The first-order valence-corrected chi connectivity index (χ1v) is 5.10. The van der Waals surface area contributed by atoms with Crippen molar-refractivity contribution in [3.8, 4) is 5.88 Å². The van der Waals surface area contributed by atoms with Gasteiger partial charge >= 0.3 is 5.97 Å². The van der Waals surface area contributed by atoms with Crippen molar-refractivity contribution in [1.82, 2.24) is 9.97 Å². The Hall–Kier alpha value is -1.89. The lowest BCUT2D eigenvalue weighted by Gasteiger charge is -2.18. The lowest BCUT2D eigenvalue weighted by molar-refractivity contribution is -0.155. The van der Waals surface area contributed by atoms with Crippen molar-refractivity contribution >= 4 is 11.8 Å². The number of aliphatic carboxylic acids is 1. The minimum absolute atomic E-state index is 0.174. The molecule has 17 heavy (non-hydrogen) atoms. The van der Waals surface area contributed by atoms with Gasteiger partial charge in [-0.1, -0.05) is 0 Å². The minimum Gasteiger partial charge on any atom is -0.479 e. The Morgan fingerprint density at radius 3 is 2.88 bits per heavy atom. The highest BCUT2D eigenvalue weighted by atomic mass is 16.5. The lowest BCUT2D eigenvalue weighted by atomic mass is 10.1. The van der Waals surface area contributed by atoms with E-state index in [0.717, 1.165) is 0 Å². The maximum atomic E-state index is 10.7. The molecular formula is C10H15N3O4. The van der Waals surface area contributed by atoms with Crippen LogP contribution in [0.3, 0.4) is 0 Å². The van der Waals surface area contributed by atoms with Crippen molar-refractivity contribution in [3.05, 3.63) is 12.4 Å². The number of aromatic nitrogens is 2. The molecule has 7 heteroatoms. The second-order valence-electron chi connectivity index (χ2n) is 3.61. The van der Waals surface area contributed by atoms with E-state index in [0.29, 0.717) is 18.3 Å². The van der Waals surface area contributed by atoms with Crippen LogP contribution in [0.25, 0.3) is 0 Å². The molecule has 0 saturated carbocycles. The average Bonchev–Trinajstić information content (AvgIpc) is 2.27. The number of nitrogens with one attached hydrogen (secondary N) is 1. The Bertz CT molecular complexity index is 395. The number of carbonyl (C=O) groups is 1. The highest BCUT2D eigenvalue weighted by Gasteiger charge is 2.29. The molecule has 0 bridgehead atoms. The van der Waals surface area contributed by atoms with Gasteiger partial charge in [0.1, 0.15) is 5.82 Å². The van der Waals surface area contributed by atoms with E-state index in [1.807, 2.05) is 6.92 Å². The van der Waals surface area contributed by atoms with Crippen LogP contribution in [-0.4, -0.2) is 44.9 Å². The fraction of sp³-hybridized carbons (Fsp3) is 0.500. The third kappa shape index (κ3) is 3.87. The predicted octanol–water partition coefficient (Wildman–Crippen LogP) is 0.123. The zero-order valence-corrected chi connectivity index (χ0v) is 9.67. The van der Waals surface area contributed by atoms with Crippen LogP contribution in [0.15, 0.2) is 12.4 Å². The Balaban J connectivity index is 2.63. The summed E-state index contributed by atoms with van der Waals surface area (Å²) < 4.78 is 5.13. The number of hydrogen-bond donors (Lipinski definition) is 3. The molecule has 1 aromatic heterocycles. The third-order valence-electron chi connectivity index (χ3n) is 1.98. The average molecular weight is 241 g/mol. The number of nitrogens with zero attached hydrogens (tertiary/aromatic N) is 2.